The number of carbonyl (C=O) groups excluding carboxylic acids is 3. The normalized spacial score (nSPS) is 15.7. The van der Waals surface area contributed by atoms with Gasteiger partial charge in [-0.1, -0.05) is 37.3 Å². The molecule has 2 aromatic rings. The summed E-state index contributed by atoms with van der Waals surface area (Å²) in [5, 5.41) is 8.59. The van der Waals surface area contributed by atoms with Crippen molar-refractivity contribution in [1.29, 1.82) is 0 Å². The van der Waals surface area contributed by atoms with Crippen LogP contribution in [0.3, 0.4) is 0 Å². The number of anilines is 2. The SMILES string of the molecule is CCCN1C(=O)NC(c2ccc(NC(=O)Nc3c(C)cccc3C)cc2)C(C(=O)OC)=C1C. The summed E-state index contributed by atoms with van der Waals surface area (Å²) < 4.78 is 4.99. The van der Waals surface area contributed by atoms with Gasteiger partial charge in [-0.15, -0.1) is 0 Å². The quantitative estimate of drug-likeness (QED) is 0.547. The van der Waals surface area contributed by atoms with E-state index in [1.807, 2.05) is 39.0 Å². The van der Waals surface area contributed by atoms with E-state index in [-0.39, 0.29) is 12.1 Å². The minimum absolute atomic E-state index is 0.262. The second-order valence-corrected chi connectivity index (χ2v) is 7.99. The maximum absolute atomic E-state index is 12.6. The fourth-order valence-electron chi connectivity index (χ4n) is 3.94. The number of amides is 4. The van der Waals surface area contributed by atoms with Crippen LogP contribution in [0.1, 0.15) is 43.0 Å². The van der Waals surface area contributed by atoms with Crippen LogP contribution in [0, 0.1) is 13.8 Å². The number of carbonyl (C=O) groups is 3. The van der Waals surface area contributed by atoms with Gasteiger partial charge in [0.05, 0.1) is 18.7 Å². The summed E-state index contributed by atoms with van der Waals surface area (Å²) in [5.41, 5.74) is 4.98. The summed E-state index contributed by atoms with van der Waals surface area (Å²) in [7, 11) is 1.32. The van der Waals surface area contributed by atoms with E-state index in [9.17, 15) is 14.4 Å². The Morgan fingerprint density at radius 3 is 2.24 bits per heavy atom. The van der Waals surface area contributed by atoms with E-state index in [1.165, 1.54) is 7.11 Å². The van der Waals surface area contributed by atoms with Crippen molar-refractivity contribution in [3.63, 3.8) is 0 Å². The lowest BCUT2D eigenvalue weighted by atomic mass is 9.94. The average Bonchev–Trinajstić information content (AvgIpc) is 2.79. The van der Waals surface area contributed by atoms with Crippen LogP contribution >= 0.6 is 0 Å². The van der Waals surface area contributed by atoms with Crippen molar-refractivity contribution in [2.75, 3.05) is 24.3 Å². The van der Waals surface area contributed by atoms with Crippen LogP contribution in [0.25, 0.3) is 0 Å². The molecule has 1 atom stereocenters. The molecule has 3 rings (SSSR count). The monoisotopic (exact) mass is 450 g/mol. The number of allylic oxidation sites excluding steroid dienone is 1. The van der Waals surface area contributed by atoms with Gasteiger partial charge in [0.15, 0.2) is 0 Å². The van der Waals surface area contributed by atoms with Gasteiger partial charge in [-0.3, -0.25) is 4.90 Å². The second-order valence-electron chi connectivity index (χ2n) is 7.99. The van der Waals surface area contributed by atoms with Gasteiger partial charge in [0.2, 0.25) is 0 Å². The van der Waals surface area contributed by atoms with Gasteiger partial charge in [-0.2, -0.15) is 0 Å². The Morgan fingerprint density at radius 2 is 1.67 bits per heavy atom. The van der Waals surface area contributed by atoms with Crippen LogP contribution in [0.2, 0.25) is 0 Å². The van der Waals surface area contributed by atoms with Gasteiger partial charge in [0.1, 0.15) is 0 Å². The van der Waals surface area contributed by atoms with E-state index in [0.29, 0.717) is 29.1 Å². The highest BCUT2D eigenvalue weighted by Crippen LogP contribution is 2.32. The largest absolute Gasteiger partial charge is 0.466 e. The van der Waals surface area contributed by atoms with Gasteiger partial charge in [0.25, 0.3) is 0 Å². The molecule has 2 aromatic carbocycles. The number of hydrogen-bond acceptors (Lipinski definition) is 4. The van der Waals surface area contributed by atoms with Crippen LogP contribution in [0.5, 0.6) is 0 Å². The number of nitrogens with zero attached hydrogens (tertiary/aromatic N) is 1. The predicted octanol–water partition coefficient (Wildman–Crippen LogP) is 4.87. The highest BCUT2D eigenvalue weighted by atomic mass is 16.5. The molecule has 1 heterocycles. The zero-order valence-electron chi connectivity index (χ0n) is 19.6. The number of nitrogens with one attached hydrogen (secondary N) is 3. The Kier molecular flexibility index (Phi) is 7.37. The Bertz CT molecular complexity index is 1070. The van der Waals surface area contributed by atoms with Crippen molar-refractivity contribution >= 4 is 29.4 Å². The number of urea groups is 2. The first-order valence-electron chi connectivity index (χ1n) is 10.9. The summed E-state index contributed by atoms with van der Waals surface area (Å²) in [6.45, 7) is 8.09. The van der Waals surface area contributed by atoms with E-state index >= 15 is 0 Å². The maximum Gasteiger partial charge on any atom is 0.337 e. The van der Waals surface area contributed by atoms with Gasteiger partial charge in [-0.05, 0) is 56.0 Å². The van der Waals surface area contributed by atoms with Crippen molar-refractivity contribution in [3.8, 4) is 0 Å². The van der Waals surface area contributed by atoms with Crippen LogP contribution < -0.4 is 16.0 Å². The number of hydrogen-bond donors (Lipinski definition) is 3. The van der Waals surface area contributed by atoms with Crippen LogP contribution in [-0.2, 0) is 9.53 Å². The molecule has 33 heavy (non-hydrogen) atoms. The number of para-hydroxylation sites is 1. The van der Waals surface area contributed by atoms with Crippen molar-refractivity contribution in [2.24, 2.45) is 0 Å². The zero-order chi connectivity index (χ0) is 24.1. The number of methoxy groups -OCH3 is 1. The number of esters is 1. The Morgan fingerprint density at radius 1 is 1.03 bits per heavy atom. The third kappa shape index (κ3) is 5.16. The molecule has 0 spiro atoms. The fraction of sp³-hybridized carbons (Fsp3) is 0.320. The molecule has 8 nitrogen and oxygen atoms in total. The first kappa shape index (κ1) is 23.8. The molecule has 0 saturated heterocycles. The molecule has 3 N–H and O–H groups in total. The molecule has 0 aliphatic carbocycles. The summed E-state index contributed by atoms with van der Waals surface area (Å²) in [5.74, 6) is -0.492. The molecule has 0 fully saturated rings. The molecular weight excluding hydrogens is 420 g/mol. The lowest BCUT2D eigenvalue weighted by Crippen LogP contribution is -2.48. The Balaban J connectivity index is 1.80. The molecule has 0 bridgehead atoms. The first-order chi connectivity index (χ1) is 15.8. The van der Waals surface area contributed by atoms with Gasteiger partial charge in [0, 0.05) is 23.6 Å². The van der Waals surface area contributed by atoms with Crippen molar-refractivity contribution in [1.82, 2.24) is 10.2 Å². The van der Waals surface area contributed by atoms with Gasteiger partial charge < -0.3 is 20.7 Å². The van der Waals surface area contributed by atoms with E-state index in [2.05, 4.69) is 16.0 Å². The van der Waals surface area contributed by atoms with E-state index in [0.717, 1.165) is 23.2 Å². The Labute approximate surface area is 194 Å². The summed E-state index contributed by atoms with van der Waals surface area (Å²) in [4.78, 5) is 39.2. The number of ether oxygens (including phenoxy) is 1. The molecule has 8 heteroatoms. The summed E-state index contributed by atoms with van der Waals surface area (Å²) in [6, 6.07) is 11.6. The number of aryl methyl sites for hydroxylation is 2. The molecule has 1 aliphatic rings. The van der Waals surface area contributed by atoms with Crippen molar-refractivity contribution in [3.05, 3.63) is 70.4 Å². The number of benzene rings is 2. The molecule has 0 aromatic heterocycles. The molecule has 1 unspecified atom stereocenters. The van der Waals surface area contributed by atoms with Crippen molar-refractivity contribution < 1.29 is 19.1 Å². The second kappa shape index (κ2) is 10.2. The summed E-state index contributed by atoms with van der Waals surface area (Å²) in [6.07, 6.45) is 0.758. The zero-order valence-corrected chi connectivity index (χ0v) is 19.6. The lowest BCUT2D eigenvalue weighted by Gasteiger charge is -2.35. The fourth-order valence-corrected chi connectivity index (χ4v) is 3.94. The first-order valence-corrected chi connectivity index (χ1v) is 10.9. The lowest BCUT2D eigenvalue weighted by molar-refractivity contribution is -0.136. The molecule has 0 radical (unpaired) electrons. The molecule has 174 valence electrons. The smallest absolute Gasteiger partial charge is 0.337 e. The van der Waals surface area contributed by atoms with Crippen LogP contribution in [0.4, 0.5) is 21.0 Å². The van der Waals surface area contributed by atoms with E-state index < -0.39 is 12.0 Å². The molecule has 1 aliphatic heterocycles. The molecule has 4 amide bonds. The third-order valence-corrected chi connectivity index (χ3v) is 5.67. The highest BCUT2D eigenvalue weighted by Gasteiger charge is 2.35. The van der Waals surface area contributed by atoms with Gasteiger partial charge in [-0.25, -0.2) is 14.4 Å². The minimum Gasteiger partial charge on any atom is -0.466 e. The number of rotatable bonds is 6. The summed E-state index contributed by atoms with van der Waals surface area (Å²) >= 11 is 0. The highest BCUT2D eigenvalue weighted by molar-refractivity contribution is 6.00. The minimum atomic E-state index is -0.643. The average molecular weight is 451 g/mol. The molecular formula is C25H30N4O4. The van der Waals surface area contributed by atoms with E-state index in [1.54, 1.807) is 36.1 Å². The topological polar surface area (TPSA) is 99.8 Å². The maximum atomic E-state index is 12.6. The predicted molar refractivity (Wildman–Crippen MR) is 128 cm³/mol. The Hall–Kier alpha value is -3.81. The van der Waals surface area contributed by atoms with Crippen LogP contribution in [0.15, 0.2) is 53.7 Å². The van der Waals surface area contributed by atoms with Crippen molar-refractivity contribution in [2.45, 2.75) is 40.2 Å². The molecule has 0 saturated carbocycles. The van der Waals surface area contributed by atoms with Gasteiger partial charge >= 0.3 is 18.0 Å². The standard InChI is InChI=1S/C25H30N4O4/c1-6-14-29-17(4)20(23(30)33-5)22(28-25(29)32)18-10-12-19(13-11-18)26-24(31)27-21-15(2)8-7-9-16(21)3/h7-13,22H,6,14H2,1-5H3,(H,28,32)(H2,26,27,31). The van der Waals surface area contributed by atoms with E-state index in [4.69, 9.17) is 4.74 Å². The third-order valence-electron chi connectivity index (χ3n) is 5.67. The van der Waals surface area contributed by atoms with Crippen LogP contribution in [-0.4, -0.2) is 36.6 Å².